The van der Waals surface area contributed by atoms with Crippen LogP contribution in [0.15, 0.2) is 127 Å². The van der Waals surface area contributed by atoms with Gasteiger partial charge in [-0.25, -0.2) is 14.4 Å². The van der Waals surface area contributed by atoms with Crippen LogP contribution in [0.3, 0.4) is 0 Å². The Morgan fingerprint density at radius 3 is 1.98 bits per heavy atom. The van der Waals surface area contributed by atoms with Crippen LogP contribution in [0.25, 0.3) is 11.1 Å². The number of ether oxygens (including phenoxy) is 4. The zero-order chi connectivity index (χ0) is 30.9. The van der Waals surface area contributed by atoms with Crippen molar-refractivity contribution in [2.45, 2.75) is 33.1 Å². The lowest BCUT2D eigenvalue weighted by atomic mass is 10.0. The number of carbonyl (C=O) groups excluding carboxylic acids is 3. The van der Waals surface area contributed by atoms with Gasteiger partial charge in [0.25, 0.3) is 0 Å². The minimum Gasteiger partial charge on any atom is -0.494 e. The zero-order valence-corrected chi connectivity index (χ0v) is 24.5. The third kappa shape index (κ3) is 11.3. The highest BCUT2D eigenvalue weighted by Gasteiger charge is 2.11. The normalized spacial score (nSPS) is 11.6. The van der Waals surface area contributed by atoms with E-state index in [0.29, 0.717) is 35.8 Å². The van der Waals surface area contributed by atoms with Crippen molar-refractivity contribution in [1.29, 1.82) is 0 Å². The molecule has 0 atom stereocenters. The molecule has 43 heavy (non-hydrogen) atoms. The van der Waals surface area contributed by atoms with Gasteiger partial charge in [0, 0.05) is 6.08 Å². The highest BCUT2D eigenvalue weighted by atomic mass is 16.5. The standard InChI is InChI=1S/C36H36O7/c1-4-12-33(22-15-27(3)42-35(38)30-18-16-29(17-19-30)28-13-8-6-9-14-28)43-36(39)31-20-23-32(24-21-31)40-25-10-7-11-26-41-34(37)5-2/h4-6,8-9,12-24H,2,7,10-11,25-26H2,1,3H3/b12-4-,27-15+,33-22+. The van der Waals surface area contributed by atoms with Crippen molar-refractivity contribution in [1.82, 2.24) is 0 Å². The molecular weight excluding hydrogens is 544 g/mol. The summed E-state index contributed by atoms with van der Waals surface area (Å²) in [6.45, 7) is 7.67. The van der Waals surface area contributed by atoms with Gasteiger partial charge in [-0.15, -0.1) is 0 Å². The van der Waals surface area contributed by atoms with E-state index >= 15 is 0 Å². The molecule has 0 aliphatic carbocycles. The first-order valence-corrected chi connectivity index (χ1v) is 14.0. The average Bonchev–Trinajstić information content (AvgIpc) is 3.03. The summed E-state index contributed by atoms with van der Waals surface area (Å²) in [5, 5.41) is 0. The van der Waals surface area contributed by atoms with Crippen LogP contribution in [-0.4, -0.2) is 31.1 Å². The van der Waals surface area contributed by atoms with E-state index < -0.39 is 17.9 Å². The number of rotatable bonds is 15. The van der Waals surface area contributed by atoms with Gasteiger partial charge in [-0.2, -0.15) is 0 Å². The fourth-order valence-electron chi connectivity index (χ4n) is 3.81. The van der Waals surface area contributed by atoms with E-state index in [0.717, 1.165) is 36.5 Å². The van der Waals surface area contributed by atoms with Crippen LogP contribution < -0.4 is 4.74 Å². The zero-order valence-electron chi connectivity index (χ0n) is 24.5. The van der Waals surface area contributed by atoms with Gasteiger partial charge >= 0.3 is 17.9 Å². The first kappa shape index (κ1) is 32.3. The number of hydrogen-bond acceptors (Lipinski definition) is 7. The summed E-state index contributed by atoms with van der Waals surface area (Å²) in [4.78, 5) is 36.3. The van der Waals surface area contributed by atoms with E-state index in [4.69, 9.17) is 18.9 Å². The molecule has 0 heterocycles. The smallest absolute Gasteiger partial charge is 0.343 e. The minimum absolute atomic E-state index is 0.286. The molecule has 0 aromatic heterocycles. The fourth-order valence-corrected chi connectivity index (χ4v) is 3.81. The molecule has 3 aromatic carbocycles. The van der Waals surface area contributed by atoms with Gasteiger partial charge in [0.15, 0.2) is 0 Å². The molecule has 0 spiro atoms. The molecule has 222 valence electrons. The summed E-state index contributed by atoms with van der Waals surface area (Å²) < 4.78 is 21.7. The molecule has 0 radical (unpaired) electrons. The Kier molecular flexibility index (Phi) is 13.2. The van der Waals surface area contributed by atoms with E-state index in [1.807, 2.05) is 42.5 Å². The summed E-state index contributed by atoms with van der Waals surface area (Å²) in [5.74, 6) is -0.177. The van der Waals surface area contributed by atoms with Crippen LogP contribution in [0.4, 0.5) is 0 Å². The second-order valence-corrected chi connectivity index (χ2v) is 9.37. The molecule has 0 saturated carbocycles. The molecule has 7 nitrogen and oxygen atoms in total. The lowest BCUT2D eigenvalue weighted by Crippen LogP contribution is -2.05. The van der Waals surface area contributed by atoms with Crippen LogP contribution >= 0.6 is 0 Å². The van der Waals surface area contributed by atoms with Crippen LogP contribution in [0.1, 0.15) is 53.8 Å². The van der Waals surface area contributed by atoms with Crippen molar-refractivity contribution < 1.29 is 33.3 Å². The van der Waals surface area contributed by atoms with Gasteiger partial charge in [-0.1, -0.05) is 55.1 Å². The molecule has 3 aromatic rings. The van der Waals surface area contributed by atoms with Crippen molar-refractivity contribution in [3.63, 3.8) is 0 Å². The van der Waals surface area contributed by atoms with Gasteiger partial charge in [-0.3, -0.25) is 0 Å². The Hall–Kier alpha value is -5.17. The minimum atomic E-state index is -0.536. The predicted molar refractivity (Wildman–Crippen MR) is 166 cm³/mol. The Bertz CT molecular complexity index is 1450. The maximum atomic E-state index is 12.7. The van der Waals surface area contributed by atoms with Crippen LogP contribution in [-0.2, 0) is 19.0 Å². The van der Waals surface area contributed by atoms with Crippen molar-refractivity contribution in [3.8, 4) is 16.9 Å². The monoisotopic (exact) mass is 580 g/mol. The molecule has 3 rings (SSSR count). The first-order valence-electron chi connectivity index (χ1n) is 14.0. The second-order valence-electron chi connectivity index (χ2n) is 9.37. The number of allylic oxidation sites excluding steroid dienone is 5. The van der Waals surface area contributed by atoms with Gasteiger partial charge in [0.05, 0.1) is 24.3 Å². The fraction of sp³-hybridized carbons (Fsp3) is 0.194. The average molecular weight is 581 g/mol. The van der Waals surface area contributed by atoms with Crippen molar-refractivity contribution in [2.75, 3.05) is 13.2 Å². The third-order valence-corrected chi connectivity index (χ3v) is 6.06. The van der Waals surface area contributed by atoms with Gasteiger partial charge in [0.2, 0.25) is 0 Å². The summed E-state index contributed by atoms with van der Waals surface area (Å²) in [5.41, 5.74) is 2.85. The maximum Gasteiger partial charge on any atom is 0.343 e. The molecule has 0 aliphatic rings. The summed E-state index contributed by atoms with van der Waals surface area (Å²) in [6.07, 6.45) is 10.1. The highest BCUT2D eigenvalue weighted by Crippen LogP contribution is 2.20. The Balaban J connectivity index is 1.49. The maximum absolute atomic E-state index is 12.7. The van der Waals surface area contributed by atoms with Gasteiger partial charge in [0.1, 0.15) is 17.3 Å². The second kappa shape index (κ2) is 17.6. The number of hydrogen-bond donors (Lipinski definition) is 0. The lowest BCUT2D eigenvalue weighted by molar-refractivity contribution is -0.137. The Labute approximate surface area is 252 Å². The molecule has 7 heteroatoms. The van der Waals surface area contributed by atoms with Gasteiger partial charge in [-0.05, 0) is 98.9 Å². The van der Waals surface area contributed by atoms with E-state index in [1.165, 1.54) is 0 Å². The first-order chi connectivity index (χ1) is 20.9. The number of carbonyl (C=O) groups is 3. The molecule has 0 amide bonds. The van der Waals surface area contributed by atoms with Crippen molar-refractivity contribution >= 4 is 17.9 Å². The quantitative estimate of drug-likeness (QED) is 0.0449. The molecule has 0 bridgehead atoms. The van der Waals surface area contributed by atoms with Gasteiger partial charge < -0.3 is 18.9 Å². The molecule has 0 unspecified atom stereocenters. The Morgan fingerprint density at radius 1 is 0.721 bits per heavy atom. The predicted octanol–water partition coefficient (Wildman–Crippen LogP) is 8.01. The van der Waals surface area contributed by atoms with Crippen LogP contribution in [0.5, 0.6) is 5.75 Å². The molecular formula is C36H36O7. The van der Waals surface area contributed by atoms with E-state index in [-0.39, 0.29) is 5.76 Å². The number of unbranched alkanes of at least 4 members (excludes halogenated alkanes) is 2. The lowest BCUT2D eigenvalue weighted by Gasteiger charge is -2.08. The molecule has 0 fully saturated rings. The molecule has 0 N–H and O–H groups in total. The molecule has 0 saturated heterocycles. The van der Waals surface area contributed by atoms with Crippen LogP contribution in [0, 0.1) is 0 Å². The molecule has 0 aliphatic heterocycles. The van der Waals surface area contributed by atoms with E-state index in [2.05, 4.69) is 6.58 Å². The van der Waals surface area contributed by atoms with Crippen molar-refractivity contribution in [3.05, 3.63) is 138 Å². The number of benzene rings is 3. The Morgan fingerprint density at radius 2 is 1.33 bits per heavy atom. The summed E-state index contributed by atoms with van der Waals surface area (Å²) in [7, 11) is 0. The topological polar surface area (TPSA) is 88.1 Å². The summed E-state index contributed by atoms with van der Waals surface area (Å²) >= 11 is 0. The van der Waals surface area contributed by atoms with E-state index in [9.17, 15) is 14.4 Å². The SMILES string of the molecule is C=CC(=O)OCCCCCOc1ccc(C(=O)OC(/C=C\C)=C/C=C(\C)OC(=O)c2ccc(-c3ccccc3)cc2)cc1. The summed E-state index contributed by atoms with van der Waals surface area (Å²) in [6, 6.07) is 23.8. The highest BCUT2D eigenvalue weighted by molar-refractivity contribution is 5.91. The third-order valence-electron chi connectivity index (χ3n) is 6.06. The van der Waals surface area contributed by atoms with Crippen molar-refractivity contribution in [2.24, 2.45) is 0 Å². The van der Waals surface area contributed by atoms with Crippen LogP contribution in [0.2, 0.25) is 0 Å². The van der Waals surface area contributed by atoms with E-state index in [1.54, 1.807) is 74.5 Å². The largest absolute Gasteiger partial charge is 0.494 e. The number of esters is 3.